The molecule has 0 aliphatic carbocycles. The number of carbonyl (C=O) groups is 3. The number of aliphatic carboxylic acids is 1. The van der Waals surface area contributed by atoms with Crippen LogP contribution in [-0.2, 0) is 39.8 Å². The molecule has 6 rings (SSSR count). The minimum atomic E-state index is -1.40. The first-order chi connectivity index (χ1) is 30.1. The lowest BCUT2D eigenvalue weighted by atomic mass is 9.72. The van der Waals surface area contributed by atoms with Crippen molar-refractivity contribution in [2.24, 2.45) is 41.4 Å². The summed E-state index contributed by atoms with van der Waals surface area (Å²) in [6, 6.07) is 4.69. The molecule has 5 aliphatic heterocycles. The zero-order valence-corrected chi connectivity index (χ0v) is 39.8. The Morgan fingerprint density at radius 3 is 2.20 bits per heavy atom. The van der Waals surface area contributed by atoms with E-state index in [0.29, 0.717) is 57.8 Å². The van der Waals surface area contributed by atoms with Crippen LogP contribution in [-0.4, -0.2) is 98.5 Å². The molecule has 13 nitrogen and oxygen atoms in total. The Balaban J connectivity index is 1.23. The van der Waals surface area contributed by atoms with Gasteiger partial charge >= 0.3 is 12.0 Å². The SMILES string of the molecule is CC[C@@H](C(=O)[C@@H](C)[C@@H](O)[C@H](C)[C@@H]1O[C@@H]([C@@H](CC)C(=O)O)CC[C@@H]1C)[C@H]1O[C@]2(C=CC(NC(=O)NCc3ccc(F)cc3)[C@]3(CC[C@@](C)([C@H]4CC[C@](O)(CC)[C@H](C)O4)O3)O2)[C@H](C)C[C@@H]1C. The van der Waals surface area contributed by atoms with E-state index >= 15 is 0 Å². The van der Waals surface area contributed by atoms with E-state index in [0.717, 1.165) is 12.0 Å². The molecule has 0 radical (unpaired) electrons. The lowest BCUT2D eigenvalue weighted by Crippen LogP contribution is -2.66. The first-order valence-electron chi connectivity index (χ1n) is 24.2. The third-order valence-corrected chi connectivity index (χ3v) is 16.1. The van der Waals surface area contributed by atoms with Gasteiger partial charge in [-0.3, -0.25) is 9.59 Å². The Hall–Kier alpha value is -2.98. The van der Waals surface area contributed by atoms with E-state index in [1.54, 1.807) is 19.1 Å². The van der Waals surface area contributed by atoms with E-state index in [1.165, 1.54) is 12.1 Å². The normalized spacial score (nSPS) is 40.0. The van der Waals surface area contributed by atoms with Crippen molar-refractivity contribution in [3.63, 3.8) is 0 Å². The van der Waals surface area contributed by atoms with Gasteiger partial charge in [-0.05, 0) is 107 Å². The standard InChI is InChI=1S/C50H77FN2O11/c1-11-36(45(56)57)38-19-14-28(4)43(61-38)32(8)41(54)31(7)42(55)37(12-2)44-29(5)26-30(6)49(62-44)23-20-39(53-46(58)52-27-34-15-17-35(51)18-16-34)50(64-49)25-24-47(10,63-50)40-21-22-48(59,13-3)33(9)60-40/h15-18,20,23,28-33,36-41,43-44,54,59H,11-14,19,21-22,24-27H2,1-10H3,(H,56,57)(H2,52,53,58)/t28-,29-,30+,31-,32-,33-,36+,37-,38+,39?,40+,41+,43+,44-,47-,48+,49-,50-/m0/s1. The van der Waals surface area contributed by atoms with Crippen LogP contribution in [0, 0.1) is 47.2 Å². The van der Waals surface area contributed by atoms with Crippen molar-refractivity contribution in [2.45, 2.75) is 205 Å². The Morgan fingerprint density at radius 1 is 0.891 bits per heavy atom. The Morgan fingerprint density at radius 2 is 1.58 bits per heavy atom. The van der Waals surface area contributed by atoms with Crippen LogP contribution in [0.2, 0.25) is 0 Å². The molecule has 0 saturated carbocycles. The van der Waals surface area contributed by atoms with Crippen LogP contribution < -0.4 is 10.6 Å². The predicted molar refractivity (Wildman–Crippen MR) is 238 cm³/mol. The summed E-state index contributed by atoms with van der Waals surface area (Å²) in [5.41, 5.74) is -1.06. The maximum atomic E-state index is 14.7. The third-order valence-electron chi connectivity index (χ3n) is 16.1. The fourth-order valence-electron chi connectivity index (χ4n) is 11.6. The number of hydrogen-bond donors (Lipinski definition) is 5. The molecule has 2 spiro atoms. The summed E-state index contributed by atoms with van der Waals surface area (Å²) < 4.78 is 48.1. The van der Waals surface area contributed by atoms with E-state index in [1.807, 2.05) is 53.7 Å². The number of nitrogens with one attached hydrogen (secondary N) is 2. The van der Waals surface area contributed by atoms with Gasteiger partial charge in [-0.15, -0.1) is 0 Å². The molecule has 18 atom stereocenters. The average Bonchev–Trinajstić information content (AvgIpc) is 3.61. The second-order valence-electron chi connectivity index (χ2n) is 20.4. The molecule has 64 heavy (non-hydrogen) atoms. The number of halogens is 1. The van der Waals surface area contributed by atoms with Crippen molar-refractivity contribution in [3.8, 4) is 0 Å². The summed E-state index contributed by atoms with van der Waals surface area (Å²) in [6.45, 7) is 19.7. The van der Waals surface area contributed by atoms with Crippen molar-refractivity contribution < 1.29 is 57.8 Å². The number of ketones is 1. The lowest BCUT2D eigenvalue weighted by Gasteiger charge is -2.55. The van der Waals surface area contributed by atoms with E-state index in [2.05, 4.69) is 31.4 Å². The second-order valence-corrected chi connectivity index (χ2v) is 20.4. The highest BCUT2D eigenvalue weighted by Gasteiger charge is 2.63. The molecule has 14 heteroatoms. The van der Waals surface area contributed by atoms with Gasteiger partial charge in [0, 0.05) is 36.6 Å². The average molecular weight is 901 g/mol. The fraction of sp³-hybridized carbons (Fsp3) is 0.780. The van der Waals surface area contributed by atoms with Gasteiger partial charge in [0.1, 0.15) is 17.6 Å². The van der Waals surface area contributed by atoms with Gasteiger partial charge in [-0.1, -0.05) is 73.6 Å². The van der Waals surface area contributed by atoms with E-state index < -0.39 is 95.0 Å². The zero-order chi connectivity index (χ0) is 46.9. The number of aliphatic hydroxyl groups is 2. The number of carboxylic acid groups (broad SMARTS) is 1. The highest BCUT2D eigenvalue weighted by atomic mass is 19.1. The molecule has 4 fully saturated rings. The van der Waals surface area contributed by atoms with Gasteiger partial charge in [0.2, 0.25) is 0 Å². The molecule has 2 amide bonds. The molecule has 0 aromatic heterocycles. The number of aliphatic hydroxyl groups excluding tert-OH is 1. The van der Waals surface area contributed by atoms with E-state index in [4.69, 9.17) is 23.7 Å². The molecule has 1 unspecified atom stereocenters. The topological polar surface area (TPSA) is 182 Å². The lowest BCUT2D eigenvalue weighted by molar-refractivity contribution is -0.397. The van der Waals surface area contributed by atoms with Gasteiger partial charge < -0.3 is 49.6 Å². The molecule has 1 aromatic carbocycles. The molecule has 5 heterocycles. The Kier molecular flexibility index (Phi) is 15.8. The monoisotopic (exact) mass is 901 g/mol. The quantitative estimate of drug-likeness (QED) is 0.108. The Bertz CT molecular complexity index is 1820. The highest BCUT2D eigenvalue weighted by molar-refractivity contribution is 5.84. The Labute approximate surface area is 379 Å². The molecular formula is C50H77FN2O11. The maximum Gasteiger partial charge on any atom is 0.315 e. The first kappa shape index (κ1) is 50.4. The first-order valence-corrected chi connectivity index (χ1v) is 24.2. The van der Waals surface area contributed by atoms with Crippen LogP contribution in [0.3, 0.4) is 0 Å². The summed E-state index contributed by atoms with van der Waals surface area (Å²) >= 11 is 0. The van der Waals surface area contributed by atoms with Crippen LogP contribution >= 0.6 is 0 Å². The largest absolute Gasteiger partial charge is 0.481 e. The molecule has 360 valence electrons. The highest BCUT2D eigenvalue weighted by Crippen LogP contribution is 2.54. The summed E-state index contributed by atoms with van der Waals surface area (Å²) in [5.74, 6) is -6.69. The molecule has 5 N–H and O–H groups in total. The number of carboxylic acids is 1. The second kappa shape index (κ2) is 20.1. The molecule has 5 aliphatic rings. The van der Waals surface area contributed by atoms with Crippen molar-refractivity contribution in [1.82, 2.24) is 10.6 Å². The summed E-state index contributed by atoms with van der Waals surface area (Å²) in [5, 5.41) is 38.9. The predicted octanol–water partition coefficient (Wildman–Crippen LogP) is 7.83. The van der Waals surface area contributed by atoms with Crippen LogP contribution in [0.5, 0.6) is 0 Å². The minimum Gasteiger partial charge on any atom is -0.481 e. The number of carbonyl (C=O) groups excluding carboxylic acids is 2. The van der Waals surface area contributed by atoms with Crippen molar-refractivity contribution in [3.05, 3.63) is 47.8 Å². The fourth-order valence-corrected chi connectivity index (χ4v) is 11.6. The van der Waals surface area contributed by atoms with Gasteiger partial charge in [-0.2, -0.15) is 0 Å². The maximum absolute atomic E-state index is 14.7. The third kappa shape index (κ3) is 10.1. The molecular weight excluding hydrogens is 824 g/mol. The number of urea groups is 1. The number of Topliss-reactive ketones (excluding diaryl/α,β-unsaturated/α-hetero) is 1. The van der Waals surface area contributed by atoms with Crippen LogP contribution in [0.15, 0.2) is 36.4 Å². The van der Waals surface area contributed by atoms with Gasteiger partial charge in [0.25, 0.3) is 0 Å². The number of rotatable bonds is 15. The van der Waals surface area contributed by atoms with Gasteiger partial charge in [0.05, 0.1) is 53.7 Å². The van der Waals surface area contributed by atoms with Crippen molar-refractivity contribution in [1.29, 1.82) is 0 Å². The number of ether oxygens (including phenoxy) is 5. The van der Waals surface area contributed by atoms with Gasteiger partial charge in [-0.25, -0.2) is 9.18 Å². The van der Waals surface area contributed by atoms with Crippen LogP contribution in [0.1, 0.15) is 139 Å². The van der Waals surface area contributed by atoms with Crippen LogP contribution in [0.25, 0.3) is 0 Å². The van der Waals surface area contributed by atoms with E-state index in [-0.39, 0.29) is 42.0 Å². The molecule has 1 aromatic rings. The summed E-state index contributed by atoms with van der Waals surface area (Å²) in [4.78, 5) is 40.3. The van der Waals surface area contributed by atoms with Gasteiger partial charge in [0.15, 0.2) is 11.6 Å². The zero-order valence-electron chi connectivity index (χ0n) is 39.8. The van der Waals surface area contributed by atoms with E-state index in [9.17, 15) is 34.1 Å². The number of amides is 2. The molecule has 0 bridgehead atoms. The number of hydrogen-bond acceptors (Lipinski definition) is 10. The molecule has 4 saturated heterocycles. The van der Waals surface area contributed by atoms with Crippen LogP contribution in [0.4, 0.5) is 9.18 Å². The summed E-state index contributed by atoms with van der Waals surface area (Å²) in [7, 11) is 0. The summed E-state index contributed by atoms with van der Waals surface area (Å²) in [6.07, 6.45) is 6.02. The van der Waals surface area contributed by atoms with Crippen molar-refractivity contribution in [2.75, 3.05) is 0 Å². The number of benzene rings is 1. The smallest absolute Gasteiger partial charge is 0.315 e. The minimum absolute atomic E-state index is 0.0500. The van der Waals surface area contributed by atoms with Crippen molar-refractivity contribution >= 4 is 17.8 Å².